The van der Waals surface area contributed by atoms with Gasteiger partial charge in [-0.2, -0.15) is 0 Å². The Morgan fingerprint density at radius 3 is 1.31 bits per heavy atom. The molecular weight excluding hydrogens is 160 g/mol. The number of carbonyl (C=O) groups excluding carboxylic acids is 1. The summed E-state index contributed by atoms with van der Waals surface area (Å²) in [6.07, 6.45) is 1.78. The van der Waals surface area contributed by atoms with Gasteiger partial charge in [0, 0.05) is 0 Å². The molecule has 76 valence electrons. The highest BCUT2D eigenvalue weighted by atomic mass is 16.1. The third-order valence-corrected chi connectivity index (χ3v) is 1.96. The van der Waals surface area contributed by atoms with Crippen LogP contribution in [0.25, 0.3) is 0 Å². The first-order valence-corrected chi connectivity index (χ1v) is 4.78. The molecule has 0 fully saturated rings. The fraction of sp³-hybridized carbons (Fsp3) is 0.750. The zero-order chi connectivity index (χ0) is 10.9. The second-order valence-corrected chi connectivity index (χ2v) is 5.67. The van der Waals surface area contributed by atoms with Crippen LogP contribution in [-0.2, 0) is 4.79 Å². The van der Waals surface area contributed by atoms with Crippen molar-refractivity contribution >= 4 is 5.78 Å². The predicted molar refractivity (Wildman–Crippen MR) is 57.7 cm³/mol. The summed E-state index contributed by atoms with van der Waals surface area (Å²) in [5.41, 5.74) is 1.36. The van der Waals surface area contributed by atoms with Crippen LogP contribution in [0.5, 0.6) is 0 Å². The van der Waals surface area contributed by atoms with Gasteiger partial charge in [0.25, 0.3) is 0 Å². The molecule has 0 spiro atoms. The maximum Gasteiger partial charge on any atom is 0.152 e. The Morgan fingerprint density at radius 2 is 1.23 bits per heavy atom. The number of hydrogen-bond donors (Lipinski definition) is 0. The van der Waals surface area contributed by atoms with Gasteiger partial charge < -0.3 is 0 Å². The van der Waals surface area contributed by atoms with Crippen molar-refractivity contribution in [3.05, 3.63) is 11.6 Å². The summed E-state index contributed by atoms with van der Waals surface area (Å²) in [6, 6.07) is 0. The molecule has 0 aromatic rings. The Kier molecular flexibility index (Phi) is 3.48. The van der Waals surface area contributed by atoms with E-state index in [4.69, 9.17) is 0 Å². The first kappa shape index (κ1) is 12.4. The lowest BCUT2D eigenvalue weighted by Crippen LogP contribution is -2.23. The SMILES string of the molecule is CC(=O)C=C(C(C)(C)C)C(C)(C)C. The monoisotopic (exact) mass is 182 g/mol. The standard InChI is InChI=1S/C12H22O/c1-9(13)8-10(11(2,3)4)12(5,6)7/h8H,1-7H3. The van der Waals surface area contributed by atoms with Gasteiger partial charge in [0.2, 0.25) is 0 Å². The Bertz CT molecular complexity index is 204. The molecule has 0 saturated carbocycles. The van der Waals surface area contributed by atoms with Crippen LogP contribution in [0.1, 0.15) is 48.5 Å². The highest BCUT2D eigenvalue weighted by Gasteiger charge is 2.27. The highest BCUT2D eigenvalue weighted by molar-refractivity contribution is 5.88. The molecule has 0 bridgehead atoms. The lowest BCUT2D eigenvalue weighted by Gasteiger charge is -2.33. The molecule has 0 heterocycles. The third kappa shape index (κ3) is 4.25. The third-order valence-electron chi connectivity index (χ3n) is 1.96. The second kappa shape index (κ2) is 3.65. The average Bonchev–Trinajstić information content (AvgIpc) is 1.77. The highest BCUT2D eigenvalue weighted by Crippen LogP contribution is 2.38. The summed E-state index contributed by atoms with van der Waals surface area (Å²) >= 11 is 0. The molecule has 0 atom stereocenters. The van der Waals surface area contributed by atoms with Crippen molar-refractivity contribution in [1.82, 2.24) is 0 Å². The molecule has 0 aliphatic heterocycles. The molecule has 0 saturated heterocycles. The molecule has 0 amide bonds. The predicted octanol–water partition coefficient (Wildman–Crippen LogP) is 3.59. The molecule has 0 aliphatic rings. The van der Waals surface area contributed by atoms with E-state index >= 15 is 0 Å². The Morgan fingerprint density at radius 1 is 0.923 bits per heavy atom. The summed E-state index contributed by atoms with van der Waals surface area (Å²) in [7, 11) is 0. The molecule has 0 unspecified atom stereocenters. The Labute approximate surface area is 82.2 Å². The normalized spacial score (nSPS) is 12.5. The van der Waals surface area contributed by atoms with Crippen molar-refractivity contribution in [2.24, 2.45) is 10.8 Å². The first-order chi connectivity index (χ1) is 5.55. The van der Waals surface area contributed by atoms with Crippen LogP contribution in [0.4, 0.5) is 0 Å². The van der Waals surface area contributed by atoms with Gasteiger partial charge in [0.15, 0.2) is 5.78 Å². The van der Waals surface area contributed by atoms with Gasteiger partial charge in [-0.15, -0.1) is 0 Å². The van der Waals surface area contributed by atoms with Gasteiger partial charge in [0.05, 0.1) is 0 Å². The van der Waals surface area contributed by atoms with E-state index < -0.39 is 0 Å². The topological polar surface area (TPSA) is 17.1 Å². The van der Waals surface area contributed by atoms with Crippen molar-refractivity contribution in [2.45, 2.75) is 48.5 Å². The van der Waals surface area contributed by atoms with E-state index in [1.807, 2.05) is 0 Å². The molecule has 1 nitrogen and oxygen atoms in total. The van der Waals surface area contributed by atoms with Crippen LogP contribution in [0.15, 0.2) is 11.6 Å². The number of allylic oxidation sites excluding steroid dienone is 2. The van der Waals surface area contributed by atoms with E-state index in [0.29, 0.717) is 0 Å². The van der Waals surface area contributed by atoms with Crippen LogP contribution in [0.3, 0.4) is 0 Å². The molecule has 0 aromatic heterocycles. The van der Waals surface area contributed by atoms with Crippen LogP contribution in [-0.4, -0.2) is 5.78 Å². The number of ketones is 1. The Hall–Kier alpha value is -0.590. The smallest absolute Gasteiger partial charge is 0.152 e. The second-order valence-electron chi connectivity index (χ2n) is 5.67. The number of rotatable bonds is 1. The van der Waals surface area contributed by atoms with E-state index in [1.165, 1.54) is 5.57 Å². The summed E-state index contributed by atoms with van der Waals surface area (Å²) in [4.78, 5) is 11.1. The van der Waals surface area contributed by atoms with Gasteiger partial charge in [-0.3, -0.25) is 4.79 Å². The van der Waals surface area contributed by atoms with E-state index in [9.17, 15) is 4.79 Å². The molecule has 13 heavy (non-hydrogen) atoms. The lowest BCUT2D eigenvalue weighted by molar-refractivity contribution is -0.112. The number of hydrogen-bond acceptors (Lipinski definition) is 1. The zero-order valence-corrected chi connectivity index (χ0v) is 9.99. The zero-order valence-electron chi connectivity index (χ0n) is 9.99. The quantitative estimate of drug-likeness (QED) is 0.566. The van der Waals surface area contributed by atoms with E-state index in [0.717, 1.165) is 0 Å². The minimum atomic E-state index is 0.0733. The summed E-state index contributed by atoms with van der Waals surface area (Å²) < 4.78 is 0. The maximum absolute atomic E-state index is 11.1. The molecular formula is C12H22O. The van der Waals surface area contributed by atoms with Crippen molar-refractivity contribution in [3.63, 3.8) is 0 Å². The van der Waals surface area contributed by atoms with Crippen LogP contribution < -0.4 is 0 Å². The van der Waals surface area contributed by atoms with Crippen molar-refractivity contribution in [3.8, 4) is 0 Å². The summed E-state index contributed by atoms with van der Waals surface area (Å²) in [5.74, 6) is 0.139. The fourth-order valence-corrected chi connectivity index (χ4v) is 1.76. The molecule has 0 N–H and O–H groups in total. The van der Waals surface area contributed by atoms with E-state index in [1.54, 1.807) is 13.0 Å². The van der Waals surface area contributed by atoms with Crippen molar-refractivity contribution < 1.29 is 4.79 Å². The molecule has 0 aliphatic carbocycles. The molecule has 1 heteroatoms. The van der Waals surface area contributed by atoms with Crippen molar-refractivity contribution in [2.75, 3.05) is 0 Å². The largest absolute Gasteiger partial charge is 0.295 e. The van der Waals surface area contributed by atoms with Gasteiger partial charge in [-0.25, -0.2) is 0 Å². The Balaban J connectivity index is 5.13. The average molecular weight is 182 g/mol. The summed E-state index contributed by atoms with van der Waals surface area (Å²) in [6.45, 7) is 14.5. The fourth-order valence-electron chi connectivity index (χ4n) is 1.76. The molecule has 0 rings (SSSR count). The number of carbonyl (C=O) groups is 1. The minimum Gasteiger partial charge on any atom is -0.295 e. The van der Waals surface area contributed by atoms with Gasteiger partial charge in [-0.1, -0.05) is 47.1 Å². The lowest BCUT2D eigenvalue weighted by atomic mass is 9.71. The summed E-state index contributed by atoms with van der Waals surface area (Å²) in [5, 5.41) is 0. The first-order valence-electron chi connectivity index (χ1n) is 4.78. The van der Waals surface area contributed by atoms with Gasteiger partial charge in [0.1, 0.15) is 0 Å². The van der Waals surface area contributed by atoms with Crippen LogP contribution in [0.2, 0.25) is 0 Å². The van der Waals surface area contributed by atoms with Gasteiger partial charge >= 0.3 is 0 Å². The maximum atomic E-state index is 11.1. The molecule has 0 radical (unpaired) electrons. The van der Waals surface area contributed by atoms with Crippen molar-refractivity contribution in [1.29, 1.82) is 0 Å². The van der Waals surface area contributed by atoms with E-state index in [2.05, 4.69) is 41.5 Å². The minimum absolute atomic E-state index is 0.0733. The van der Waals surface area contributed by atoms with Crippen LogP contribution >= 0.6 is 0 Å². The van der Waals surface area contributed by atoms with Crippen LogP contribution in [0, 0.1) is 10.8 Å². The van der Waals surface area contributed by atoms with Gasteiger partial charge in [-0.05, 0) is 23.8 Å². The van der Waals surface area contributed by atoms with E-state index in [-0.39, 0.29) is 16.6 Å². The molecule has 0 aromatic carbocycles.